The maximum atomic E-state index is 4.66. The summed E-state index contributed by atoms with van der Waals surface area (Å²) in [5.41, 5.74) is 2.79. The molecule has 0 unspecified atom stereocenters. The predicted octanol–water partition coefficient (Wildman–Crippen LogP) is 3.02. The first kappa shape index (κ1) is 13.8. The second-order valence-electron chi connectivity index (χ2n) is 4.01. The Balaban J connectivity index is 2.33. The number of nitrogens with zero attached hydrogens (tertiary/aromatic N) is 3. The third-order valence-electron chi connectivity index (χ3n) is 2.52. The fourth-order valence-corrected chi connectivity index (χ4v) is 2.61. The van der Waals surface area contributed by atoms with E-state index in [-0.39, 0.29) is 0 Å². The molecule has 0 radical (unpaired) electrons. The lowest BCUT2D eigenvalue weighted by molar-refractivity contribution is 0.962. The molecule has 0 aliphatic rings. The van der Waals surface area contributed by atoms with E-state index in [4.69, 9.17) is 0 Å². The summed E-state index contributed by atoms with van der Waals surface area (Å²) >= 11 is 1.54. The first-order valence-electron chi connectivity index (χ1n) is 6.44. The average molecular weight is 274 g/mol. The fourth-order valence-electron chi connectivity index (χ4n) is 1.68. The number of rotatable bonds is 3. The highest BCUT2D eigenvalue weighted by Crippen LogP contribution is 2.22. The summed E-state index contributed by atoms with van der Waals surface area (Å²) in [5.74, 6) is 0. The van der Waals surface area contributed by atoms with Crippen molar-refractivity contribution in [2.75, 3.05) is 13.1 Å². The van der Waals surface area contributed by atoms with E-state index in [1.54, 1.807) is 11.8 Å². The molecule has 0 aliphatic carbocycles. The largest absolute Gasteiger partial charge is 0.365 e. The third-order valence-corrected chi connectivity index (χ3v) is 3.57. The van der Waals surface area contributed by atoms with Crippen molar-refractivity contribution in [2.24, 2.45) is 4.99 Å². The zero-order valence-electron chi connectivity index (χ0n) is 11.5. The predicted molar refractivity (Wildman–Crippen MR) is 81.8 cm³/mol. The van der Waals surface area contributed by atoms with Gasteiger partial charge in [0, 0.05) is 13.1 Å². The maximum Gasteiger partial charge on any atom is 0.162 e. The molecule has 1 heterocycles. The molecule has 0 amide bonds. The number of thioether (sulfide) groups is 1. The van der Waals surface area contributed by atoms with Gasteiger partial charge in [0.05, 0.1) is 16.7 Å². The lowest BCUT2D eigenvalue weighted by Crippen LogP contribution is -2.20. The summed E-state index contributed by atoms with van der Waals surface area (Å²) in [5, 5.41) is 5.06. The average Bonchev–Trinajstić information content (AvgIpc) is 2.40. The summed E-state index contributed by atoms with van der Waals surface area (Å²) < 4.78 is 0. The number of amidine groups is 1. The van der Waals surface area contributed by atoms with Crippen molar-refractivity contribution in [3.63, 3.8) is 0 Å². The molecular weight excluding hydrogens is 256 g/mol. The van der Waals surface area contributed by atoms with Crippen LogP contribution in [0.4, 0.5) is 0 Å². The molecule has 4 nitrogen and oxygen atoms in total. The van der Waals surface area contributed by atoms with Crippen molar-refractivity contribution >= 4 is 28.0 Å². The van der Waals surface area contributed by atoms with Crippen LogP contribution < -0.4 is 5.32 Å². The molecule has 19 heavy (non-hydrogen) atoms. The number of para-hydroxylation sites is 2. The molecule has 0 saturated carbocycles. The smallest absolute Gasteiger partial charge is 0.162 e. The van der Waals surface area contributed by atoms with Gasteiger partial charge in [-0.15, -0.1) is 0 Å². The van der Waals surface area contributed by atoms with Gasteiger partial charge in [0.25, 0.3) is 0 Å². The van der Waals surface area contributed by atoms with E-state index in [1.807, 2.05) is 38.1 Å². The second-order valence-corrected chi connectivity index (χ2v) is 4.99. The van der Waals surface area contributed by atoms with Crippen LogP contribution in [-0.4, -0.2) is 28.2 Å². The first-order chi connectivity index (χ1) is 9.24. The molecular formula is C14H18N4S. The van der Waals surface area contributed by atoms with Crippen molar-refractivity contribution in [3.05, 3.63) is 30.0 Å². The number of hydrogen-bond acceptors (Lipinski definition) is 4. The Morgan fingerprint density at radius 1 is 1.21 bits per heavy atom. The van der Waals surface area contributed by atoms with Crippen LogP contribution in [0.15, 0.2) is 34.3 Å². The van der Waals surface area contributed by atoms with Crippen molar-refractivity contribution in [1.29, 1.82) is 0 Å². The van der Waals surface area contributed by atoms with Gasteiger partial charge in [0.15, 0.2) is 5.17 Å². The molecule has 0 bridgehead atoms. The number of aliphatic imine (C=N–C) groups is 1. The van der Waals surface area contributed by atoms with Crippen molar-refractivity contribution < 1.29 is 0 Å². The summed E-state index contributed by atoms with van der Waals surface area (Å²) in [6, 6.07) is 7.92. The molecule has 0 atom stereocenters. The van der Waals surface area contributed by atoms with Crippen LogP contribution in [0.1, 0.15) is 19.5 Å². The van der Waals surface area contributed by atoms with Gasteiger partial charge in [0.1, 0.15) is 5.03 Å². The van der Waals surface area contributed by atoms with Crippen LogP contribution in [0.2, 0.25) is 0 Å². The van der Waals surface area contributed by atoms with E-state index in [1.165, 1.54) is 0 Å². The zero-order valence-corrected chi connectivity index (χ0v) is 12.3. The van der Waals surface area contributed by atoms with Gasteiger partial charge in [-0.05, 0) is 44.7 Å². The van der Waals surface area contributed by atoms with Gasteiger partial charge in [-0.1, -0.05) is 12.1 Å². The third kappa shape index (κ3) is 3.44. The Hall–Kier alpha value is -1.62. The molecule has 1 N–H and O–H groups in total. The van der Waals surface area contributed by atoms with Gasteiger partial charge < -0.3 is 5.32 Å². The highest BCUT2D eigenvalue weighted by atomic mass is 32.2. The molecule has 0 saturated heterocycles. The monoisotopic (exact) mass is 274 g/mol. The Labute approximate surface area is 117 Å². The molecule has 2 aromatic rings. The summed E-state index contributed by atoms with van der Waals surface area (Å²) in [6.45, 7) is 7.68. The number of aromatic nitrogens is 2. The van der Waals surface area contributed by atoms with E-state index in [9.17, 15) is 0 Å². The van der Waals surface area contributed by atoms with Gasteiger partial charge in [0.2, 0.25) is 0 Å². The first-order valence-corrected chi connectivity index (χ1v) is 7.25. The van der Waals surface area contributed by atoms with Crippen LogP contribution >= 0.6 is 11.8 Å². The fraction of sp³-hybridized carbons (Fsp3) is 0.357. The number of nitrogens with one attached hydrogen (secondary N) is 1. The Morgan fingerprint density at radius 2 is 1.89 bits per heavy atom. The minimum absolute atomic E-state index is 0.759. The SMILES string of the molecule is CCN=C(NCC)Sc1nc2ccccc2nc1C. The maximum absolute atomic E-state index is 4.66. The molecule has 100 valence electrons. The summed E-state index contributed by atoms with van der Waals surface area (Å²) in [7, 11) is 0. The van der Waals surface area contributed by atoms with Crippen molar-refractivity contribution in [3.8, 4) is 0 Å². The van der Waals surface area contributed by atoms with E-state index in [2.05, 4.69) is 27.2 Å². The van der Waals surface area contributed by atoms with E-state index >= 15 is 0 Å². The summed E-state index contributed by atoms with van der Waals surface area (Å²) in [4.78, 5) is 13.7. The lowest BCUT2D eigenvalue weighted by atomic mass is 10.3. The van der Waals surface area contributed by atoms with E-state index < -0.39 is 0 Å². The molecule has 2 rings (SSSR count). The van der Waals surface area contributed by atoms with E-state index in [0.717, 1.165) is 40.0 Å². The molecule has 1 aromatic carbocycles. The van der Waals surface area contributed by atoms with Crippen molar-refractivity contribution in [2.45, 2.75) is 25.8 Å². The number of fused-ring (bicyclic) bond motifs is 1. The van der Waals surface area contributed by atoms with Crippen LogP contribution in [0.3, 0.4) is 0 Å². The molecule has 0 spiro atoms. The highest BCUT2D eigenvalue weighted by molar-refractivity contribution is 8.13. The topological polar surface area (TPSA) is 50.2 Å². The van der Waals surface area contributed by atoms with Gasteiger partial charge >= 0.3 is 0 Å². The van der Waals surface area contributed by atoms with Gasteiger partial charge in [-0.25, -0.2) is 9.97 Å². The van der Waals surface area contributed by atoms with Crippen LogP contribution in [0, 0.1) is 6.92 Å². The molecule has 0 fully saturated rings. The summed E-state index contributed by atoms with van der Waals surface area (Å²) in [6.07, 6.45) is 0. The minimum atomic E-state index is 0.759. The Kier molecular flexibility index (Phi) is 4.74. The number of benzene rings is 1. The second kappa shape index (κ2) is 6.52. The van der Waals surface area contributed by atoms with Crippen molar-refractivity contribution in [1.82, 2.24) is 15.3 Å². The van der Waals surface area contributed by atoms with Crippen LogP contribution in [0.25, 0.3) is 11.0 Å². The van der Waals surface area contributed by atoms with Gasteiger partial charge in [-0.3, -0.25) is 4.99 Å². The molecule has 1 aromatic heterocycles. The Bertz CT molecular complexity index is 595. The normalized spacial score (nSPS) is 11.8. The number of aryl methyl sites for hydroxylation is 1. The quantitative estimate of drug-likeness (QED) is 0.531. The standard InChI is InChI=1S/C14H18N4S/c1-4-15-14(16-5-2)19-13-10(3)17-11-8-6-7-9-12(11)18-13/h6-9H,4-5H2,1-3H3,(H,15,16). The molecule has 0 aliphatic heterocycles. The van der Waals surface area contributed by atoms with Crippen LogP contribution in [-0.2, 0) is 0 Å². The molecule has 5 heteroatoms. The highest BCUT2D eigenvalue weighted by Gasteiger charge is 2.09. The minimum Gasteiger partial charge on any atom is -0.365 e. The number of hydrogen-bond donors (Lipinski definition) is 1. The zero-order chi connectivity index (χ0) is 13.7. The Morgan fingerprint density at radius 3 is 2.53 bits per heavy atom. The lowest BCUT2D eigenvalue weighted by Gasteiger charge is -2.09. The van der Waals surface area contributed by atoms with Crippen LogP contribution in [0.5, 0.6) is 0 Å². The van der Waals surface area contributed by atoms with E-state index in [0.29, 0.717) is 0 Å². The van der Waals surface area contributed by atoms with Gasteiger partial charge in [-0.2, -0.15) is 0 Å².